The lowest BCUT2D eigenvalue weighted by atomic mass is 9.78. The maximum Gasteiger partial charge on any atom is 0.573 e. The van der Waals surface area contributed by atoms with E-state index in [2.05, 4.69) is 10.1 Å². The fourth-order valence-electron chi connectivity index (χ4n) is 2.96. The van der Waals surface area contributed by atoms with Crippen molar-refractivity contribution in [2.75, 3.05) is 5.32 Å². The van der Waals surface area contributed by atoms with Crippen molar-refractivity contribution in [3.05, 3.63) is 59.2 Å². The number of fused-ring (bicyclic) bond motifs is 1. The Morgan fingerprint density at radius 3 is 2.42 bits per heavy atom. The normalized spacial score (nSPS) is 19.8. The second-order valence-electron chi connectivity index (χ2n) is 6.20. The van der Waals surface area contributed by atoms with Crippen LogP contribution in [0.4, 0.5) is 18.9 Å². The van der Waals surface area contributed by atoms with Crippen LogP contribution in [-0.2, 0) is 16.6 Å². The molecule has 1 aliphatic heterocycles. The number of carbonyl (C=O) groups excluding carboxylic acids is 1. The summed E-state index contributed by atoms with van der Waals surface area (Å²) in [5.41, 5.74) is 2.11. The molecular weight excluding hydrogens is 319 g/mol. The van der Waals surface area contributed by atoms with Crippen LogP contribution in [0.2, 0.25) is 0 Å². The number of nitrogens with one attached hydrogen (secondary N) is 1. The van der Waals surface area contributed by atoms with Crippen molar-refractivity contribution in [2.45, 2.75) is 32.0 Å². The molecule has 0 fully saturated rings. The van der Waals surface area contributed by atoms with Gasteiger partial charge in [0.05, 0.1) is 5.41 Å². The number of aryl methyl sites for hydroxylation is 1. The van der Waals surface area contributed by atoms with E-state index < -0.39 is 11.8 Å². The predicted molar refractivity (Wildman–Crippen MR) is 84.0 cm³/mol. The SMILES string of the molecule is Cc1ccc(CC2(C)C(=O)Nc3ccc(OC(F)(F)F)cc32)cc1. The average molecular weight is 335 g/mol. The second-order valence-corrected chi connectivity index (χ2v) is 6.20. The molecule has 3 nitrogen and oxygen atoms in total. The third-order valence-electron chi connectivity index (χ3n) is 4.25. The molecule has 1 aliphatic rings. The number of amides is 1. The van der Waals surface area contributed by atoms with E-state index in [1.807, 2.05) is 31.2 Å². The summed E-state index contributed by atoms with van der Waals surface area (Å²) in [6.07, 6.45) is -4.38. The van der Waals surface area contributed by atoms with Crippen molar-refractivity contribution < 1.29 is 22.7 Å². The number of carbonyl (C=O) groups is 1. The molecule has 0 saturated heterocycles. The number of anilines is 1. The van der Waals surface area contributed by atoms with Gasteiger partial charge in [-0.25, -0.2) is 0 Å². The Kier molecular flexibility index (Phi) is 3.78. The summed E-state index contributed by atoms with van der Waals surface area (Å²) in [5, 5.41) is 2.73. The number of hydrogen-bond donors (Lipinski definition) is 1. The van der Waals surface area contributed by atoms with Crippen molar-refractivity contribution in [1.82, 2.24) is 0 Å². The molecule has 6 heteroatoms. The Labute approximate surface area is 137 Å². The second kappa shape index (κ2) is 5.54. The van der Waals surface area contributed by atoms with Crippen LogP contribution in [0.1, 0.15) is 23.6 Å². The molecular formula is C18H16F3NO2. The van der Waals surface area contributed by atoms with E-state index >= 15 is 0 Å². The van der Waals surface area contributed by atoms with Crippen molar-refractivity contribution in [3.63, 3.8) is 0 Å². The van der Waals surface area contributed by atoms with Gasteiger partial charge in [0.1, 0.15) is 5.75 Å². The van der Waals surface area contributed by atoms with Gasteiger partial charge in [-0.15, -0.1) is 13.2 Å². The minimum Gasteiger partial charge on any atom is -0.406 e. The van der Waals surface area contributed by atoms with E-state index in [0.717, 1.165) is 11.1 Å². The van der Waals surface area contributed by atoms with Gasteiger partial charge in [0.2, 0.25) is 5.91 Å². The van der Waals surface area contributed by atoms with Gasteiger partial charge < -0.3 is 10.1 Å². The topological polar surface area (TPSA) is 38.3 Å². The molecule has 0 spiro atoms. The third-order valence-corrected chi connectivity index (χ3v) is 4.25. The quantitative estimate of drug-likeness (QED) is 0.906. The van der Waals surface area contributed by atoms with E-state index in [9.17, 15) is 18.0 Å². The zero-order chi connectivity index (χ0) is 17.5. The maximum atomic E-state index is 12.4. The van der Waals surface area contributed by atoms with Gasteiger partial charge in [-0.2, -0.15) is 0 Å². The number of rotatable bonds is 3. The molecule has 24 heavy (non-hydrogen) atoms. The summed E-state index contributed by atoms with van der Waals surface area (Å²) >= 11 is 0. The van der Waals surface area contributed by atoms with E-state index in [1.165, 1.54) is 18.2 Å². The molecule has 0 saturated carbocycles. The Morgan fingerprint density at radius 1 is 1.12 bits per heavy atom. The van der Waals surface area contributed by atoms with Gasteiger partial charge in [-0.3, -0.25) is 4.79 Å². The average Bonchev–Trinajstić information content (AvgIpc) is 2.72. The van der Waals surface area contributed by atoms with Crippen molar-refractivity contribution in [3.8, 4) is 5.75 Å². The number of halogens is 3. The molecule has 0 aromatic heterocycles. The lowest BCUT2D eigenvalue weighted by Gasteiger charge is -2.23. The number of alkyl halides is 3. The summed E-state index contributed by atoms with van der Waals surface area (Å²) in [6.45, 7) is 3.69. The fourth-order valence-corrected chi connectivity index (χ4v) is 2.96. The van der Waals surface area contributed by atoms with Crippen LogP contribution in [0, 0.1) is 6.92 Å². The number of hydrogen-bond acceptors (Lipinski definition) is 2. The monoisotopic (exact) mass is 335 g/mol. The largest absolute Gasteiger partial charge is 0.573 e. The van der Waals surface area contributed by atoms with Crippen molar-refractivity contribution >= 4 is 11.6 Å². The van der Waals surface area contributed by atoms with E-state index in [4.69, 9.17) is 0 Å². The predicted octanol–water partition coefficient (Wildman–Crippen LogP) is 4.35. The van der Waals surface area contributed by atoms with Gasteiger partial charge in [0.25, 0.3) is 0 Å². The molecule has 1 N–H and O–H groups in total. The highest BCUT2D eigenvalue weighted by molar-refractivity contribution is 6.06. The Morgan fingerprint density at radius 2 is 1.79 bits per heavy atom. The first-order valence-corrected chi connectivity index (χ1v) is 7.45. The molecule has 0 bridgehead atoms. The Balaban J connectivity index is 1.96. The summed E-state index contributed by atoms with van der Waals surface area (Å²) in [5.74, 6) is -0.560. The number of ether oxygens (including phenoxy) is 1. The smallest absolute Gasteiger partial charge is 0.406 e. The lowest BCUT2D eigenvalue weighted by Crippen LogP contribution is -2.33. The first-order valence-electron chi connectivity index (χ1n) is 7.45. The Hall–Kier alpha value is -2.50. The summed E-state index contributed by atoms with van der Waals surface area (Å²) in [7, 11) is 0. The molecule has 0 aliphatic carbocycles. The maximum absolute atomic E-state index is 12.4. The lowest BCUT2D eigenvalue weighted by molar-refractivity contribution is -0.274. The molecule has 1 heterocycles. The number of benzene rings is 2. The van der Waals surface area contributed by atoms with E-state index in [0.29, 0.717) is 17.7 Å². The van der Waals surface area contributed by atoms with Gasteiger partial charge in [0.15, 0.2) is 0 Å². The van der Waals surface area contributed by atoms with Crippen LogP contribution in [0.15, 0.2) is 42.5 Å². The van der Waals surface area contributed by atoms with Crippen LogP contribution in [-0.4, -0.2) is 12.3 Å². The highest BCUT2D eigenvalue weighted by atomic mass is 19.4. The highest BCUT2D eigenvalue weighted by Gasteiger charge is 2.43. The third kappa shape index (κ3) is 3.09. The molecule has 1 unspecified atom stereocenters. The van der Waals surface area contributed by atoms with Gasteiger partial charge in [-0.05, 0) is 49.6 Å². The standard InChI is InChI=1S/C18H16F3NO2/c1-11-3-5-12(6-4-11)10-17(2)14-9-13(24-18(19,20)21)7-8-15(14)22-16(17)23/h3-9H,10H2,1-2H3,(H,22,23). The van der Waals surface area contributed by atoms with Gasteiger partial charge >= 0.3 is 6.36 Å². The Bertz CT molecular complexity index is 784. The summed E-state index contributed by atoms with van der Waals surface area (Å²) in [6, 6.07) is 11.6. The molecule has 1 amide bonds. The summed E-state index contributed by atoms with van der Waals surface area (Å²) in [4.78, 5) is 12.4. The first-order chi connectivity index (χ1) is 11.2. The molecule has 2 aromatic rings. The minimum atomic E-state index is -4.77. The van der Waals surface area contributed by atoms with Crippen LogP contribution in [0.3, 0.4) is 0 Å². The van der Waals surface area contributed by atoms with Crippen LogP contribution in [0.5, 0.6) is 5.75 Å². The van der Waals surface area contributed by atoms with Gasteiger partial charge in [-0.1, -0.05) is 29.8 Å². The van der Waals surface area contributed by atoms with E-state index in [-0.39, 0.29) is 11.7 Å². The van der Waals surface area contributed by atoms with Crippen molar-refractivity contribution in [2.24, 2.45) is 0 Å². The zero-order valence-corrected chi connectivity index (χ0v) is 13.2. The van der Waals surface area contributed by atoms with Crippen LogP contribution < -0.4 is 10.1 Å². The molecule has 3 rings (SSSR count). The fraction of sp³-hybridized carbons (Fsp3) is 0.278. The van der Waals surface area contributed by atoms with Gasteiger partial charge in [0, 0.05) is 5.69 Å². The van der Waals surface area contributed by atoms with Crippen LogP contribution in [0.25, 0.3) is 0 Å². The van der Waals surface area contributed by atoms with Crippen LogP contribution >= 0.6 is 0 Å². The zero-order valence-electron chi connectivity index (χ0n) is 13.2. The first kappa shape index (κ1) is 16.4. The molecule has 0 radical (unpaired) electrons. The van der Waals surface area contributed by atoms with Crippen molar-refractivity contribution in [1.29, 1.82) is 0 Å². The summed E-state index contributed by atoms with van der Waals surface area (Å²) < 4.78 is 41.3. The molecule has 2 aromatic carbocycles. The van der Waals surface area contributed by atoms with E-state index in [1.54, 1.807) is 6.92 Å². The minimum absolute atomic E-state index is 0.234. The molecule has 126 valence electrons. The highest BCUT2D eigenvalue weighted by Crippen LogP contribution is 2.42. The molecule has 1 atom stereocenters.